The van der Waals surface area contributed by atoms with Crippen LogP contribution in [0.3, 0.4) is 0 Å². The highest BCUT2D eigenvalue weighted by atomic mass is 35.5. The quantitative estimate of drug-likeness (QED) is 0.596. The van der Waals surface area contributed by atoms with Crippen LogP contribution in [0.4, 0.5) is 4.79 Å². The highest BCUT2D eigenvalue weighted by Gasteiger charge is 2.51. The van der Waals surface area contributed by atoms with Crippen LogP contribution in [0.25, 0.3) is 11.3 Å². The molecule has 6 nitrogen and oxygen atoms in total. The number of nitrogens with one attached hydrogen (secondary N) is 1. The van der Waals surface area contributed by atoms with E-state index in [-0.39, 0.29) is 12.5 Å². The molecule has 0 radical (unpaired) electrons. The second-order valence-electron chi connectivity index (χ2n) is 6.97. The largest absolute Gasteiger partial charge is 0.439 e. The molecule has 0 saturated carbocycles. The molecule has 3 amide bonds. The number of urea groups is 1. The minimum Gasteiger partial charge on any atom is -0.439 e. The molecule has 0 bridgehead atoms. The van der Waals surface area contributed by atoms with Crippen LogP contribution in [-0.2, 0) is 16.9 Å². The molecule has 0 unspecified atom stereocenters. The second kappa shape index (κ2) is 7.72. The lowest BCUT2D eigenvalue weighted by molar-refractivity contribution is -0.132. The summed E-state index contributed by atoms with van der Waals surface area (Å²) in [5, 5.41) is 3.53. The van der Waals surface area contributed by atoms with Gasteiger partial charge in [0.05, 0.1) is 6.20 Å². The number of hydrogen-bond acceptors (Lipinski definition) is 4. The van der Waals surface area contributed by atoms with Gasteiger partial charge in [0, 0.05) is 10.6 Å². The Labute approximate surface area is 173 Å². The molecule has 1 saturated heterocycles. The molecule has 4 rings (SSSR count). The van der Waals surface area contributed by atoms with E-state index in [4.69, 9.17) is 16.0 Å². The lowest BCUT2D eigenvalue weighted by Crippen LogP contribution is -2.43. The minimum atomic E-state index is -1.06. The normalized spacial score (nSPS) is 18.9. The monoisotopic (exact) mass is 409 g/mol. The average molecular weight is 410 g/mol. The third-order valence-electron chi connectivity index (χ3n) is 5.04. The number of amides is 3. The van der Waals surface area contributed by atoms with Gasteiger partial charge >= 0.3 is 6.03 Å². The van der Waals surface area contributed by atoms with Gasteiger partial charge in [0.2, 0.25) is 5.89 Å². The van der Waals surface area contributed by atoms with Crippen molar-refractivity contribution in [3.8, 4) is 11.3 Å². The van der Waals surface area contributed by atoms with Crippen LogP contribution in [0.15, 0.2) is 65.2 Å². The zero-order valence-electron chi connectivity index (χ0n) is 15.9. The summed E-state index contributed by atoms with van der Waals surface area (Å²) in [6.07, 6.45) is 2.83. The van der Waals surface area contributed by atoms with Crippen LogP contribution in [0, 0.1) is 0 Å². The van der Waals surface area contributed by atoms with Crippen LogP contribution in [0.5, 0.6) is 0 Å². The van der Waals surface area contributed by atoms with Crippen molar-refractivity contribution >= 4 is 23.5 Å². The zero-order valence-corrected chi connectivity index (χ0v) is 16.6. The highest BCUT2D eigenvalue weighted by Crippen LogP contribution is 2.34. The molecule has 3 aromatic rings. The van der Waals surface area contributed by atoms with Crippen molar-refractivity contribution in [2.24, 2.45) is 0 Å². The van der Waals surface area contributed by atoms with Gasteiger partial charge in [-0.3, -0.25) is 9.69 Å². The van der Waals surface area contributed by atoms with E-state index >= 15 is 0 Å². The lowest BCUT2D eigenvalue weighted by atomic mass is 9.85. The molecule has 1 aromatic heterocycles. The number of aromatic nitrogens is 1. The number of imide groups is 1. The number of hydrogen-bond donors (Lipinski definition) is 1. The fourth-order valence-corrected chi connectivity index (χ4v) is 3.77. The number of carbonyl (C=O) groups excluding carboxylic acids is 2. The van der Waals surface area contributed by atoms with Gasteiger partial charge in [0.25, 0.3) is 5.91 Å². The zero-order chi connectivity index (χ0) is 20.4. The molecule has 148 valence electrons. The van der Waals surface area contributed by atoms with Crippen molar-refractivity contribution in [2.75, 3.05) is 0 Å². The minimum absolute atomic E-state index is 0.0312. The molecule has 1 N–H and O–H groups in total. The Morgan fingerprint density at radius 2 is 1.83 bits per heavy atom. The Morgan fingerprint density at radius 3 is 2.52 bits per heavy atom. The van der Waals surface area contributed by atoms with Crippen LogP contribution in [0.1, 0.15) is 31.2 Å². The van der Waals surface area contributed by atoms with Gasteiger partial charge in [-0.05, 0) is 36.2 Å². The first kappa shape index (κ1) is 19.2. The summed E-state index contributed by atoms with van der Waals surface area (Å²) < 4.78 is 5.77. The molecule has 7 heteroatoms. The Kier molecular flexibility index (Phi) is 5.11. The molecule has 1 fully saturated rings. The molecule has 1 aliphatic heterocycles. The predicted octanol–water partition coefficient (Wildman–Crippen LogP) is 4.74. The molecule has 1 aliphatic rings. The van der Waals surface area contributed by atoms with Gasteiger partial charge in [-0.1, -0.05) is 55.3 Å². The van der Waals surface area contributed by atoms with Gasteiger partial charge in [0.1, 0.15) is 12.1 Å². The molecule has 2 heterocycles. The summed E-state index contributed by atoms with van der Waals surface area (Å²) in [5.41, 5.74) is 0.533. The summed E-state index contributed by atoms with van der Waals surface area (Å²) in [7, 11) is 0. The number of rotatable bonds is 6. The number of oxazole rings is 1. The van der Waals surface area contributed by atoms with Gasteiger partial charge in [-0.15, -0.1) is 0 Å². The second-order valence-corrected chi connectivity index (χ2v) is 7.40. The van der Waals surface area contributed by atoms with E-state index in [1.807, 2.05) is 49.4 Å². The molecule has 0 spiro atoms. The summed E-state index contributed by atoms with van der Waals surface area (Å²) in [6, 6.07) is 16.0. The first-order valence-electron chi connectivity index (χ1n) is 9.44. The first-order chi connectivity index (χ1) is 14.0. The Hall–Kier alpha value is -3.12. The Balaban J connectivity index is 1.59. The predicted molar refractivity (Wildman–Crippen MR) is 109 cm³/mol. The number of carbonyl (C=O) groups is 2. The van der Waals surface area contributed by atoms with E-state index < -0.39 is 11.6 Å². The number of halogens is 1. The summed E-state index contributed by atoms with van der Waals surface area (Å²) in [5.74, 6) is 0.548. The van der Waals surface area contributed by atoms with Gasteiger partial charge in [-0.2, -0.15) is 0 Å². The topological polar surface area (TPSA) is 75.4 Å². The fourth-order valence-electron chi connectivity index (χ4n) is 3.64. The SMILES string of the molecule is CCC[C@]1(c2ccccc2)NC(=O)N(Cc2ncc(-c3ccc(Cl)cc3)o2)C1=O. The van der Waals surface area contributed by atoms with E-state index in [0.717, 1.165) is 17.5 Å². The standard InChI is InChI=1S/C22H20ClN3O3/c1-2-12-22(16-6-4-3-5-7-16)20(27)26(21(28)25-22)14-19-24-13-18(29-19)15-8-10-17(23)11-9-15/h3-11,13H,2,12,14H2,1H3,(H,25,28)/t22-/m1/s1. The Bertz CT molecular complexity index is 1030. The maximum Gasteiger partial charge on any atom is 0.325 e. The molecule has 29 heavy (non-hydrogen) atoms. The van der Waals surface area contributed by atoms with E-state index in [0.29, 0.717) is 23.1 Å². The van der Waals surface area contributed by atoms with Crippen molar-refractivity contribution in [1.29, 1.82) is 0 Å². The summed E-state index contributed by atoms with van der Waals surface area (Å²) >= 11 is 5.92. The van der Waals surface area contributed by atoms with Crippen molar-refractivity contribution in [3.05, 3.63) is 77.3 Å². The fraction of sp³-hybridized carbons (Fsp3) is 0.227. The van der Waals surface area contributed by atoms with Gasteiger partial charge in [0.15, 0.2) is 5.76 Å². The van der Waals surface area contributed by atoms with Crippen LogP contribution < -0.4 is 5.32 Å². The number of benzene rings is 2. The van der Waals surface area contributed by atoms with Crippen molar-refractivity contribution < 1.29 is 14.0 Å². The van der Waals surface area contributed by atoms with Crippen molar-refractivity contribution in [2.45, 2.75) is 31.8 Å². The lowest BCUT2D eigenvalue weighted by Gasteiger charge is -2.26. The molecular formula is C22H20ClN3O3. The summed E-state index contributed by atoms with van der Waals surface area (Å²) in [6.45, 7) is 1.95. The Morgan fingerprint density at radius 1 is 1.10 bits per heavy atom. The molecular weight excluding hydrogens is 390 g/mol. The van der Waals surface area contributed by atoms with E-state index in [2.05, 4.69) is 10.3 Å². The van der Waals surface area contributed by atoms with Gasteiger partial charge < -0.3 is 9.73 Å². The van der Waals surface area contributed by atoms with Crippen molar-refractivity contribution in [3.63, 3.8) is 0 Å². The van der Waals surface area contributed by atoms with E-state index in [9.17, 15) is 9.59 Å². The average Bonchev–Trinajstić information content (AvgIpc) is 3.29. The van der Waals surface area contributed by atoms with Crippen LogP contribution in [0.2, 0.25) is 5.02 Å². The van der Waals surface area contributed by atoms with E-state index in [1.54, 1.807) is 18.3 Å². The van der Waals surface area contributed by atoms with E-state index in [1.165, 1.54) is 4.90 Å². The van der Waals surface area contributed by atoms with Crippen molar-refractivity contribution in [1.82, 2.24) is 15.2 Å². The summed E-state index contributed by atoms with van der Waals surface area (Å²) in [4.78, 5) is 31.4. The highest BCUT2D eigenvalue weighted by molar-refractivity contribution is 6.30. The smallest absolute Gasteiger partial charge is 0.325 e. The maximum absolute atomic E-state index is 13.3. The van der Waals surface area contributed by atoms with Gasteiger partial charge in [-0.25, -0.2) is 9.78 Å². The van der Waals surface area contributed by atoms with Crippen LogP contribution >= 0.6 is 11.6 Å². The maximum atomic E-state index is 13.3. The molecule has 0 aliphatic carbocycles. The third kappa shape index (κ3) is 3.51. The number of nitrogens with zero attached hydrogens (tertiary/aromatic N) is 2. The molecule has 1 atom stereocenters. The third-order valence-corrected chi connectivity index (χ3v) is 5.29. The van der Waals surface area contributed by atoms with Crippen LogP contribution in [-0.4, -0.2) is 21.8 Å². The first-order valence-corrected chi connectivity index (χ1v) is 9.81. The molecule has 2 aromatic carbocycles.